The molecule has 1 aliphatic rings. The number of aryl methyl sites for hydroxylation is 1. The Morgan fingerprint density at radius 2 is 1.85 bits per heavy atom. The van der Waals surface area contributed by atoms with Crippen LogP contribution in [-0.2, 0) is 4.79 Å². The van der Waals surface area contributed by atoms with Gasteiger partial charge in [-0.15, -0.1) is 5.10 Å². The molecule has 5 rings (SSSR count). The molecule has 2 aromatic heterocycles. The number of pyridine rings is 1. The molecule has 33 heavy (non-hydrogen) atoms. The van der Waals surface area contributed by atoms with Crippen LogP contribution in [0.2, 0.25) is 0 Å². The molecule has 0 radical (unpaired) electrons. The molecule has 1 unspecified atom stereocenters. The molecule has 0 bridgehead atoms. The summed E-state index contributed by atoms with van der Waals surface area (Å²) in [4.78, 5) is 22.0. The van der Waals surface area contributed by atoms with E-state index in [2.05, 4.69) is 25.7 Å². The second-order valence-electron chi connectivity index (χ2n) is 7.85. The first-order chi connectivity index (χ1) is 16.0. The second-order valence-corrected chi connectivity index (χ2v) is 7.85. The lowest BCUT2D eigenvalue weighted by molar-refractivity contribution is -0.113. The number of nitrogens with one attached hydrogen (secondary N) is 2. The minimum Gasteiger partial charge on any atom is -0.328 e. The molecule has 1 atom stereocenters. The Labute approximate surface area is 190 Å². The van der Waals surface area contributed by atoms with Crippen LogP contribution < -0.4 is 10.6 Å². The van der Waals surface area contributed by atoms with Gasteiger partial charge in [-0.25, -0.2) is 9.07 Å². The van der Waals surface area contributed by atoms with Gasteiger partial charge in [-0.1, -0.05) is 48.0 Å². The summed E-state index contributed by atoms with van der Waals surface area (Å²) in [7, 11) is 0. The van der Waals surface area contributed by atoms with Crippen LogP contribution in [0.25, 0.3) is 11.4 Å². The lowest BCUT2D eigenvalue weighted by atomic mass is 9.94. The molecule has 0 spiro atoms. The molecule has 164 valence electrons. The molecule has 4 aromatic rings. The lowest BCUT2D eigenvalue weighted by Crippen LogP contribution is -2.32. The van der Waals surface area contributed by atoms with Gasteiger partial charge >= 0.3 is 0 Å². The van der Waals surface area contributed by atoms with E-state index in [4.69, 9.17) is 0 Å². The summed E-state index contributed by atoms with van der Waals surface area (Å²) in [6.07, 6.45) is 3.18. The number of benzene rings is 2. The van der Waals surface area contributed by atoms with Crippen molar-refractivity contribution < 1.29 is 9.18 Å². The summed E-state index contributed by atoms with van der Waals surface area (Å²) in [6.45, 7) is 3.78. The van der Waals surface area contributed by atoms with Crippen molar-refractivity contribution in [3.8, 4) is 11.4 Å². The quantitative estimate of drug-likeness (QED) is 0.480. The van der Waals surface area contributed by atoms with Gasteiger partial charge in [0.05, 0.1) is 17.5 Å². The Balaban J connectivity index is 1.62. The first kappa shape index (κ1) is 20.6. The topological polar surface area (TPSA) is 84.7 Å². The molecule has 0 aliphatic carbocycles. The van der Waals surface area contributed by atoms with Gasteiger partial charge in [0.15, 0.2) is 5.82 Å². The van der Waals surface area contributed by atoms with Crippen LogP contribution in [0.5, 0.6) is 0 Å². The van der Waals surface area contributed by atoms with E-state index < -0.39 is 11.9 Å². The number of fused-ring (bicyclic) bond motifs is 1. The number of anilines is 2. The molecule has 1 amide bonds. The van der Waals surface area contributed by atoms with Gasteiger partial charge in [0.2, 0.25) is 5.95 Å². The summed E-state index contributed by atoms with van der Waals surface area (Å²) < 4.78 is 16.6. The van der Waals surface area contributed by atoms with E-state index in [0.717, 1.165) is 11.1 Å². The number of halogens is 1. The maximum absolute atomic E-state index is 15.0. The average Bonchev–Trinajstić information content (AvgIpc) is 3.23. The minimum absolute atomic E-state index is 0.330. The maximum atomic E-state index is 15.0. The molecule has 2 aromatic carbocycles. The number of rotatable bonds is 4. The number of carbonyl (C=O) groups is 1. The van der Waals surface area contributed by atoms with Gasteiger partial charge in [-0.05, 0) is 32.0 Å². The predicted molar refractivity (Wildman–Crippen MR) is 124 cm³/mol. The molecule has 0 saturated heterocycles. The maximum Gasteiger partial charge on any atom is 0.255 e. The third kappa shape index (κ3) is 3.87. The highest BCUT2D eigenvalue weighted by Crippen LogP contribution is 2.37. The van der Waals surface area contributed by atoms with Gasteiger partial charge in [0.1, 0.15) is 11.9 Å². The number of amides is 1. The van der Waals surface area contributed by atoms with Crippen LogP contribution in [0.4, 0.5) is 16.0 Å². The highest BCUT2D eigenvalue weighted by molar-refractivity contribution is 6.05. The highest BCUT2D eigenvalue weighted by atomic mass is 19.1. The number of allylic oxidation sites excluding steroid dienone is 1. The lowest BCUT2D eigenvalue weighted by Gasteiger charge is -2.28. The molecule has 7 nitrogen and oxygen atoms in total. The second kappa shape index (κ2) is 8.31. The van der Waals surface area contributed by atoms with Gasteiger partial charge in [-0.3, -0.25) is 9.78 Å². The Morgan fingerprint density at radius 3 is 2.58 bits per heavy atom. The summed E-state index contributed by atoms with van der Waals surface area (Å²) in [5.74, 6) is 0.122. The van der Waals surface area contributed by atoms with Crippen molar-refractivity contribution in [2.45, 2.75) is 19.9 Å². The molecule has 8 heteroatoms. The van der Waals surface area contributed by atoms with Crippen molar-refractivity contribution >= 4 is 17.5 Å². The smallest absolute Gasteiger partial charge is 0.255 e. The van der Waals surface area contributed by atoms with Gasteiger partial charge in [0, 0.05) is 23.0 Å². The van der Waals surface area contributed by atoms with Crippen LogP contribution in [0.3, 0.4) is 0 Å². The molecule has 0 saturated carbocycles. The molecular formula is C25H21FN6O. The van der Waals surface area contributed by atoms with Crippen LogP contribution in [-0.4, -0.2) is 25.7 Å². The van der Waals surface area contributed by atoms with E-state index in [9.17, 15) is 9.18 Å². The largest absolute Gasteiger partial charge is 0.328 e. The van der Waals surface area contributed by atoms with Crippen molar-refractivity contribution in [1.82, 2.24) is 19.7 Å². The molecular weight excluding hydrogens is 419 g/mol. The van der Waals surface area contributed by atoms with Crippen molar-refractivity contribution in [3.63, 3.8) is 0 Å². The molecule has 3 heterocycles. The van der Waals surface area contributed by atoms with Crippen molar-refractivity contribution in [1.29, 1.82) is 0 Å². The van der Waals surface area contributed by atoms with Crippen LogP contribution in [0.1, 0.15) is 24.1 Å². The van der Waals surface area contributed by atoms with Gasteiger partial charge < -0.3 is 10.6 Å². The number of aromatic nitrogens is 4. The molecule has 0 fully saturated rings. The zero-order valence-corrected chi connectivity index (χ0v) is 18.1. The number of carbonyl (C=O) groups excluding carboxylic acids is 1. The summed E-state index contributed by atoms with van der Waals surface area (Å²) >= 11 is 0. The SMILES string of the molecule is CC1=C(C(=O)Nc2cccnc2)C(c2ccccc2F)n2nc(-c3ccc(C)cc3)nc2N1. The molecule has 1 aliphatic heterocycles. The zero-order valence-electron chi connectivity index (χ0n) is 18.1. The first-order valence-corrected chi connectivity index (χ1v) is 10.5. The summed E-state index contributed by atoms with van der Waals surface area (Å²) in [6, 6.07) is 16.9. The van der Waals surface area contributed by atoms with E-state index in [1.165, 1.54) is 6.07 Å². The van der Waals surface area contributed by atoms with Crippen LogP contribution >= 0.6 is 0 Å². The third-order valence-corrected chi connectivity index (χ3v) is 5.53. The number of nitrogens with zero attached hydrogens (tertiary/aromatic N) is 4. The monoisotopic (exact) mass is 440 g/mol. The highest BCUT2D eigenvalue weighted by Gasteiger charge is 2.35. The van der Waals surface area contributed by atoms with E-state index in [0.29, 0.717) is 34.3 Å². The normalized spacial score (nSPS) is 15.1. The van der Waals surface area contributed by atoms with Crippen LogP contribution in [0, 0.1) is 12.7 Å². The van der Waals surface area contributed by atoms with Crippen LogP contribution in [0.15, 0.2) is 84.3 Å². The number of hydrogen-bond acceptors (Lipinski definition) is 5. The standard InChI is InChI=1S/C25H21FN6O/c1-15-9-11-17(12-10-15)23-30-25-28-16(2)21(24(33)29-18-6-5-13-27-14-18)22(32(25)31-23)19-7-3-4-8-20(19)26/h3-14,22H,1-2H3,(H,29,33)(H,28,30,31). The minimum atomic E-state index is -0.800. The fourth-order valence-corrected chi connectivity index (χ4v) is 3.89. The van der Waals surface area contributed by atoms with Crippen molar-refractivity contribution in [2.75, 3.05) is 10.6 Å². The van der Waals surface area contributed by atoms with E-state index in [1.54, 1.807) is 54.3 Å². The Bertz CT molecular complexity index is 1360. The van der Waals surface area contributed by atoms with E-state index in [-0.39, 0.29) is 5.91 Å². The Kier molecular flexibility index (Phi) is 5.18. The van der Waals surface area contributed by atoms with Crippen molar-refractivity contribution in [3.05, 3.63) is 101 Å². The fourth-order valence-electron chi connectivity index (χ4n) is 3.89. The van der Waals surface area contributed by atoms with E-state index in [1.807, 2.05) is 31.2 Å². The Morgan fingerprint density at radius 1 is 1.06 bits per heavy atom. The summed E-state index contributed by atoms with van der Waals surface area (Å²) in [5, 5.41) is 10.7. The van der Waals surface area contributed by atoms with Gasteiger partial charge in [-0.2, -0.15) is 4.98 Å². The van der Waals surface area contributed by atoms with Crippen molar-refractivity contribution in [2.24, 2.45) is 0 Å². The average molecular weight is 440 g/mol. The molecule has 2 N–H and O–H groups in total. The fraction of sp³-hybridized carbons (Fsp3) is 0.120. The zero-order chi connectivity index (χ0) is 22.9. The predicted octanol–water partition coefficient (Wildman–Crippen LogP) is 4.72. The Hall–Kier alpha value is -4.33. The van der Waals surface area contributed by atoms with Gasteiger partial charge in [0.25, 0.3) is 5.91 Å². The summed E-state index contributed by atoms with van der Waals surface area (Å²) in [5.41, 5.74) is 3.74. The van der Waals surface area contributed by atoms with E-state index >= 15 is 0 Å². The number of hydrogen-bond donors (Lipinski definition) is 2. The first-order valence-electron chi connectivity index (χ1n) is 10.5. The third-order valence-electron chi connectivity index (χ3n) is 5.53.